The number of amides is 1. The van der Waals surface area contributed by atoms with Gasteiger partial charge in [0.1, 0.15) is 11.9 Å². The molecule has 3 rings (SSSR count). The molecule has 0 bridgehead atoms. The zero-order chi connectivity index (χ0) is 17.3. The van der Waals surface area contributed by atoms with Gasteiger partial charge >= 0.3 is 0 Å². The first-order chi connectivity index (χ1) is 11.5. The van der Waals surface area contributed by atoms with Gasteiger partial charge in [0.15, 0.2) is 11.3 Å². The smallest absolute Gasteiger partial charge is 0.258 e. The van der Waals surface area contributed by atoms with Crippen LogP contribution in [0, 0.1) is 0 Å². The van der Waals surface area contributed by atoms with Crippen LogP contribution >= 0.6 is 0 Å². The Balaban J connectivity index is 2.10. The van der Waals surface area contributed by atoms with Gasteiger partial charge in [-0.15, -0.1) is 0 Å². The molecule has 0 aliphatic carbocycles. The minimum Gasteiger partial charge on any atom is -0.497 e. The first-order valence-corrected chi connectivity index (χ1v) is 7.50. The minimum absolute atomic E-state index is 0.470. The molecular formula is C18H18N2O4. The Bertz CT molecular complexity index is 788. The Morgan fingerprint density at radius 1 is 1.21 bits per heavy atom. The molecule has 0 saturated heterocycles. The van der Waals surface area contributed by atoms with Crippen LogP contribution in [-0.2, 0) is 15.1 Å². The second-order valence-corrected chi connectivity index (χ2v) is 5.67. The maximum atomic E-state index is 12.7. The number of methoxy groups -OCH3 is 1. The van der Waals surface area contributed by atoms with Crippen molar-refractivity contribution in [2.24, 2.45) is 0 Å². The maximum Gasteiger partial charge on any atom is 0.258 e. The van der Waals surface area contributed by atoms with Crippen LogP contribution in [-0.4, -0.2) is 30.0 Å². The lowest BCUT2D eigenvalue weighted by molar-refractivity contribution is -0.135. The molecule has 0 saturated carbocycles. The fourth-order valence-corrected chi connectivity index (χ4v) is 2.95. The molecule has 1 aliphatic rings. The van der Waals surface area contributed by atoms with Gasteiger partial charge in [-0.05, 0) is 37.3 Å². The Morgan fingerprint density at radius 3 is 2.50 bits per heavy atom. The number of rotatable bonds is 5. The molecule has 6 heteroatoms. The molecule has 0 spiro atoms. The number of Topliss-reactive ketones (excluding diaryl/α,β-unsaturated/α-hetero) is 1. The van der Waals surface area contributed by atoms with E-state index in [1.807, 2.05) is 0 Å². The van der Waals surface area contributed by atoms with E-state index in [1.165, 1.54) is 6.92 Å². The second-order valence-electron chi connectivity index (χ2n) is 5.67. The van der Waals surface area contributed by atoms with Crippen LogP contribution in [0.3, 0.4) is 0 Å². The number of fused-ring (bicyclic) bond motifs is 1. The summed E-state index contributed by atoms with van der Waals surface area (Å²) in [6, 6.07) is 13.9. The summed E-state index contributed by atoms with van der Waals surface area (Å²) in [5.41, 5.74) is 0.122. The molecule has 0 aromatic heterocycles. The average molecular weight is 326 g/mol. The van der Waals surface area contributed by atoms with Gasteiger partial charge in [-0.25, -0.2) is 0 Å². The monoisotopic (exact) mass is 326 g/mol. The van der Waals surface area contributed by atoms with Crippen molar-refractivity contribution in [3.05, 3.63) is 54.1 Å². The molecule has 1 aliphatic heterocycles. The van der Waals surface area contributed by atoms with Gasteiger partial charge in [0.2, 0.25) is 0 Å². The number of nitrogens with one attached hydrogen (secondary N) is 2. The van der Waals surface area contributed by atoms with E-state index in [9.17, 15) is 14.7 Å². The highest BCUT2D eigenvalue weighted by molar-refractivity contribution is 6.11. The number of ether oxygens (including phenoxy) is 1. The number of hydrogen-bond acceptors (Lipinski definition) is 5. The summed E-state index contributed by atoms with van der Waals surface area (Å²) in [6.45, 7) is 1.26. The van der Waals surface area contributed by atoms with Crippen molar-refractivity contribution in [3.8, 4) is 5.75 Å². The number of para-hydroxylation sites is 1. The van der Waals surface area contributed by atoms with Crippen molar-refractivity contribution in [1.29, 1.82) is 0 Å². The summed E-state index contributed by atoms with van der Waals surface area (Å²) in [7, 11) is 1.56. The fraction of sp³-hybridized carbons (Fsp3) is 0.222. The first-order valence-electron chi connectivity index (χ1n) is 7.50. The van der Waals surface area contributed by atoms with E-state index < -0.39 is 23.3 Å². The predicted molar refractivity (Wildman–Crippen MR) is 90.1 cm³/mol. The van der Waals surface area contributed by atoms with Gasteiger partial charge in [-0.1, -0.05) is 18.2 Å². The molecule has 6 nitrogen and oxygen atoms in total. The van der Waals surface area contributed by atoms with Gasteiger partial charge in [0.25, 0.3) is 5.91 Å². The van der Waals surface area contributed by atoms with E-state index in [-0.39, 0.29) is 0 Å². The van der Waals surface area contributed by atoms with E-state index in [0.29, 0.717) is 22.7 Å². The molecule has 124 valence electrons. The second kappa shape index (κ2) is 5.98. The number of anilines is 2. The van der Waals surface area contributed by atoms with E-state index in [1.54, 1.807) is 55.6 Å². The van der Waals surface area contributed by atoms with Crippen LogP contribution in [0.1, 0.15) is 12.5 Å². The average Bonchev–Trinajstić information content (AvgIpc) is 2.87. The standard InChI is InChI=1S/C18H18N2O4/c1-11(21)16(22)18(20-12-7-9-13(24-2)10-8-12)14-5-3-4-6-15(14)19-17(18)23/h3-10,16,20,22H,1-2H3,(H,19,23)/t16-,18-/m0/s1. The van der Waals surface area contributed by atoms with Crippen LogP contribution in [0.5, 0.6) is 5.75 Å². The maximum absolute atomic E-state index is 12.7. The normalized spacial score (nSPS) is 20.0. The van der Waals surface area contributed by atoms with E-state index in [2.05, 4.69) is 10.6 Å². The largest absolute Gasteiger partial charge is 0.497 e. The lowest BCUT2D eigenvalue weighted by Crippen LogP contribution is -2.54. The van der Waals surface area contributed by atoms with Crippen molar-refractivity contribution in [1.82, 2.24) is 0 Å². The zero-order valence-corrected chi connectivity index (χ0v) is 13.4. The van der Waals surface area contributed by atoms with E-state index in [0.717, 1.165) is 0 Å². The molecule has 2 aromatic rings. The predicted octanol–water partition coefficient (Wildman–Crippen LogP) is 1.90. The molecule has 24 heavy (non-hydrogen) atoms. The lowest BCUT2D eigenvalue weighted by Gasteiger charge is -2.33. The van der Waals surface area contributed by atoms with Crippen molar-refractivity contribution in [3.63, 3.8) is 0 Å². The third-order valence-corrected chi connectivity index (χ3v) is 4.19. The quantitative estimate of drug-likeness (QED) is 0.781. The Labute approximate surface area is 139 Å². The van der Waals surface area contributed by atoms with Crippen molar-refractivity contribution in [2.45, 2.75) is 18.6 Å². The van der Waals surface area contributed by atoms with Gasteiger partial charge in [-0.2, -0.15) is 0 Å². The minimum atomic E-state index is -1.57. The molecule has 2 atom stereocenters. The highest BCUT2D eigenvalue weighted by atomic mass is 16.5. The molecular weight excluding hydrogens is 308 g/mol. The SMILES string of the molecule is COc1ccc(N[C@@]2([C@@H](O)C(C)=O)C(=O)Nc3ccccc32)cc1. The highest BCUT2D eigenvalue weighted by Crippen LogP contribution is 2.41. The Hall–Kier alpha value is -2.86. The van der Waals surface area contributed by atoms with E-state index >= 15 is 0 Å². The number of carbonyl (C=O) groups excluding carboxylic acids is 2. The van der Waals surface area contributed by atoms with Crippen LogP contribution in [0.4, 0.5) is 11.4 Å². The lowest BCUT2D eigenvalue weighted by atomic mass is 9.83. The van der Waals surface area contributed by atoms with Gasteiger partial charge in [0.05, 0.1) is 7.11 Å². The number of aliphatic hydroxyl groups excluding tert-OH is 1. The zero-order valence-electron chi connectivity index (χ0n) is 13.4. The number of carbonyl (C=O) groups is 2. The van der Waals surface area contributed by atoms with Crippen LogP contribution < -0.4 is 15.4 Å². The molecule has 0 fully saturated rings. The third-order valence-electron chi connectivity index (χ3n) is 4.19. The molecule has 0 radical (unpaired) electrons. The van der Waals surface area contributed by atoms with Crippen LogP contribution in [0.25, 0.3) is 0 Å². The number of hydrogen-bond donors (Lipinski definition) is 3. The molecule has 1 heterocycles. The van der Waals surface area contributed by atoms with Crippen molar-refractivity contribution < 1.29 is 19.4 Å². The summed E-state index contributed by atoms with van der Waals surface area (Å²) in [5.74, 6) is -0.303. The fourth-order valence-electron chi connectivity index (χ4n) is 2.95. The van der Waals surface area contributed by atoms with Crippen LogP contribution in [0.2, 0.25) is 0 Å². The van der Waals surface area contributed by atoms with Crippen LogP contribution in [0.15, 0.2) is 48.5 Å². The summed E-state index contributed by atoms with van der Waals surface area (Å²) >= 11 is 0. The number of benzene rings is 2. The molecule has 1 amide bonds. The van der Waals surface area contributed by atoms with Gasteiger partial charge in [0, 0.05) is 16.9 Å². The Kier molecular flexibility index (Phi) is 3.99. The number of aliphatic hydroxyl groups is 1. The summed E-state index contributed by atoms with van der Waals surface area (Å²) in [4.78, 5) is 24.6. The molecule has 3 N–H and O–H groups in total. The summed E-state index contributed by atoms with van der Waals surface area (Å²) < 4.78 is 5.12. The van der Waals surface area contributed by atoms with Gasteiger partial charge in [-0.3, -0.25) is 9.59 Å². The third kappa shape index (κ3) is 2.41. The molecule has 0 unspecified atom stereocenters. The van der Waals surface area contributed by atoms with Gasteiger partial charge < -0.3 is 20.5 Å². The van der Waals surface area contributed by atoms with Crippen molar-refractivity contribution >= 4 is 23.1 Å². The number of ketones is 1. The summed E-state index contributed by atoms with van der Waals surface area (Å²) in [5, 5.41) is 16.3. The van der Waals surface area contributed by atoms with Crippen molar-refractivity contribution in [2.75, 3.05) is 17.7 Å². The highest BCUT2D eigenvalue weighted by Gasteiger charge is 2.54. The first kappa shape index (κ1) is 16.0. The van der Waals surface area contributed by atoms with E-state index in [4.69, 9.17) is 4.74 Å². The topological polar surface area (TPSA) is 87.7 Å². The summed E-state index contributed by atoms with van der Waals surface area (Å²) in [6.07, 6.45) is -1.52. The molecule has 2 aromatic carbocycles. The Morgan fingerprint density at radius 2 is 1.88 bits per heavy atom.